The molecule has 3 rings (SSSR count). The second-order valence-electron chi connectivity index (χ2n) is 10.1. The minimum Gasteiger partial charge on any atom is -0.495 e. The van der Waals surface area contributed by atoms with Crippen molar-refractivity contribution in [2.45, 2.75) is 44.1 Å². The molecule has 0 aromatic heterocycles. The number of rotatable bonds is 11. The second kappa shape index (κ2) is 17.2. The van der Waals surface area contributed by atoms with E-state index in [0.29, 0.717) is 30.6 Å². The van der Waals surface area contributed by atoms with Crippen molar-refractivity contribution < 1.29 is 72.8 Å². The van der Waals surface area contributed by atoms with E-state index in [1.165, 1.54) is 14.0 Å². The predicted octanol–water partition coefficient (Wildman–Crippen LogP) is 7.21. The molecular weight excluding hydrogens is 696 g/mol. The van der Waals surface area contributed by atoms with Crippen LogP contribution in [0.2, 0.25) is 0 Å². The first-order valence-corrected chi connectivity index (χ1v) is 14.0. The van der Waals surface area contributed by atoms with Crippen LogP contribution >= 0.6 is 0 Å². The number of halogens is 10. The Bertz CT molecular complexity index is 1660. The summed E-state index contributed by atoms with van der Waals surface area (Å²) in [5.41, 5.74) is -5.33. The molecule has 17 heteroatoms. The number of methoxy groups -OCH3 is 2. The monoisotopic (exact) mass is 725 g/mol. The first-order chi connectivity index (χ1) is 23.3. The van der Waals surface area contributed by atoms with Crippen LogP contribution in [0.25, 0.3) is 0 Å². The van der Waals surface area contributed by atoms with Crippen molar-refractivity contribution in [3.63, 3.8) is 0 Å². The van der Waals surface area contributed by atoms with Gasteiger partial charge in [-0.2, -0.15) is 39.5 Å². The van der Waals surface area contributed by atoms with Crippen molar-refractivity contribution in [2.24, 2.45) is 0 Å². The standard InChI is InChI=1S/C32H25F10NO5.CH4O/c1-18(29(47-3)21-10-24(31(37,38)39)14-25(11-21)32(40,41)42)43(17-45)16-22-12-23(30(34,35)36)7-6-19(22)4-5-20-13-28(48-9-8-44)26(33)15-27(20)46-2;1-2/h6-8,10-15,17-18,29H,9,16H2,1-3H3;2H,1H3/t18-,29-;/m0./s1. The van der Waals surface area contributed by atoms with Crippen molar-refractivity contribution in [3.05, 3.63) is 93.3 Å². The number of aliphatic hydroxyl groups is 1. The summed E-state index contributed by atoms with van der Waals surface area (Å²) in [4.78, 5) is 23.7. The second-order valence-corrected chi connectivity index (χ2v) is 10.1. The van der Waals surface area contributed by atoms with Gasteiger partial charge in [0.15, 0.2) is 17.9 Å². The lowest BCUT2D eigenvalue weighted by Crippen LogP contribution is -2.37. The highest BCUT2D eigenvalue weighted by atomic mass is 19.4. The molecule has 0 fully saturated rings. The van der Waals surface area contributed by atoms with Crippen LogP contribution in [0.4, 0.5) is 43.9 Å². The molecule has 0 aliphatic carbocycles. The van der Waals surface area contributed by atoms with E-state index in [-0.39, 0.29) is 40.7 Å². The molecule has 272 valence electrons. The van der Waals surface area contributed by atoms with Crippen molar-refractivity contribution in [2.75, 3.05) is 27.9 Å². The number of hydrogen-bond donors (Lipinski definition) is 1. The topological polar surface area (TPSA) is 85.3 Å². The minimum atomic E-state index is -5.18. The van der Waals surface area contributed by atoms with E-state index in [0.717, 1.165) is 37.3 Å². The third-order valence-corrected chi connectivity index (χ3v) is 6.97. The lowest BCUT2D eigenvalue weighted by Gasteiger charge is -2.32. The first kappa shape index (κ1) is 41.4. The van der Waals surface area contributed by atoms with E-state index in [1.807, 2.05) is 0 Å². The predicted molar refractivity (Wildman–Crippen MR) is 157 cm³/mol. The quantitative estimate of drug-likeness (QED) is 0.128. The number of carbonyl (C=O) groups is 2. The third-order valence-electron chi connectivity index (χ3n) is 6.97. The number of amides is 1. The van der Waals surface area contributed by atoms with Crippen LogP contribution in [-0.4, -0.2) is 56.7 Å². The van der Waals surface area contributed by atoms with Crippen LogP contribution in [0.15, 0.2) is 48.5 Å². The SMILES string of the molecule is CO.COc1cc(F)c(OCC=O)cc1C#Cc1ccc(C(F)(F)F)cc1CN(C=O)[C@@H](C)[C@H](OC)c1cc(C(F)(F)F)cc(C(F)(F)F)c1. The molecular formula is C33H29F10NO6. The maximum atomic E-state index is 14.3. The normalized spacial score (nSPS) is 12.8. The molecule has 50 heavy (non-hydrogen) atoms. The number of benzene rings is 3. The Morgan fingerprint density at radius 3 is 1.82 bits per heavy atom. The van der Waals surface area contributed by atoms with Gasteiger partial charge in [0.1, 0.15) is 18.5 Å². The van der Waals surface area contributed by atoms with Crippen molar-refractivity contribution in [1.82, 2.24) is 4.90 Å². The largest absolute Gasteiger partial charge is 0.495 e. The summed E-state index contributed by atoms with van der Waals surface area (Å²) in [6, 6.07) is 3.76. The molecule has 0 saturated heterocycles. The van der Waals surface area contributed by atoms with Gasteiger partial charge in [-0.25, -0.2) is 4.39 Å². The van der Waals surface area contributed by atoms with Crippen LogP contribution in [0, 0.1) is 17.7 Å². The molecule has 0 bridgehead atoms. The highest BCUT2D eigenvalue weighted by Crippen LogP contribution is 2.39. The lowest BCUT2D eigenvalue weighted by atomic mass is 9.96. The van der Waals surface area contributed by atoms with Gasteiger partial charge in [0.2, 0.25) is 6.41 Å². The fourth-order valence-corrected chi connectivity index (χ4v) is 4.60. The van der Waals surface area contributed by atoms with Gasteiger partial charge in [0.05, 0.1) is 35.4 Å². The Labute approximate surface area is 279 Å². The third kappa shape index (κ3) is 10.6. The van der Waals surface area contributed by atoms with E-state index < -0.39 is 71.9 Å². The Morgan fingerprint density at radius 1 is 0.780 bits per heavy atom. The molecule has 7 nitrogen and oxygen atoms in total. The van der Waals surface area contributed by atoms with Crippen LogP contribution in [0.5, 0.6) is 11.5 Å². The molecule has 0 saturated carbocycles. The number of carbonyl (C=O) groups excluding carboxylic acids is 2. The van der Waals surface area contributed by atoms with Gasteiger partial charge < -0.3 is 24.2 Å². The lowest BCUT2D eigenvalue weighted by molar-refractivity contribution is -0.143. The molecule has 0 aliphatic rings. The Kier molecular flexibility index (Phi) is 14.2. The van der Waals surface area contributed by atoms with Gasteiger partial charge in [-0.1, -0.05) is 11.8 Å². The fourth-order valence-electron chi connectivity index (χ4n) is 4.60. The molecule has 0 spiro atoms. The highest BCUT2D eigenvalue weighted by molar-refractivity contribution is 5.57. The molecule has 0 radical (unpaired) electrons. The number of hydrogen-bond acceptors (Lipinski definition) is 6. The zero-order valence-electron chi connectivity index (χ0n) is 26.6. The van der Waals surface area contributed by atoms with Crippen LogP contribution in [0.1, 0.15) is 52.0 Å². The number of alkyl halides is 9. The molecule has 1 N–H and O–H groups in total. The maximum Gasteiger partial charge on any atom is 0.416 e. The summed E-state index contributed by atoms with van der Waals surface area (Å²) in [5, 5.41) is 7.00. The Hall–Kier alpha value is -4.82. The van der Waals surface area contributed by atoms with E-state index >= 15 is 0 Å². The highest BCUT2D eigenvalue weighted by Gasteiger charge is 2.39. The van der Waals surface area contributed by atoms with Gasteiger partial charge in [-0.05, 0) is 54.4 Å². The van der Waals surface area contributed by atoms with Crippen molar-refractivity contribution in [1.29, 1.82) is 0 Å². The Balaban J connectivity index is 0.00000425. The fraction of sp³-hybridized carbons (Fsp3) is 0.333. The van der Waals surface area contributed by atoms with E-state index in [1.54, 1.807) is 0 Å². The summed E-state index contributed by atoms with van der Waals surface area (Å²) in [7, 11) is 3.16. The zero-order chi connectivity index (χ0) is 38.0. The molecule has 3 aromatic rings. The average molecular weight is 726 g/mol. The number of aliphatic hydroxyl groups excluding tert-OH is 1. The molecule has 3 aromatic carbocycles. The smallest absolute Gasteiger partial charge is 0.416 e. The van der Waals surface area contributed by atoms with Gasteiger partial charge >= 0.3 is 18.5 Å². The van der Waals surface area contributed by atoms with E-state index in [4.69, 9.17) is 19.3 Å². The molecule has 0 unspecified atom stereocenters. The van der Waals surface area contributed by atoms with Crippen LogP contribution < -0.4 is 9.47 Å². The van der Waals surface area contributed by atoms with Crippen molar-refractivity contribution >= 4 is 12.7 Å². The van der Waals surface area contributed by atoms with Gasteiger partial charge in [-0.3, -0.25) is 9.59 Å². The summed E-state index contributed by atoms with van der Waals surface area (Å²) < 4.78 is 152. The average Bonchev–Trinajstić information content (AvgIpc) is 3.05. The van der Waals surface area contributed by atoms with Crippen molar-refractivity contribution in [3.8, 4) is 23.3 Å². The first-order valence-electron chi connectivity index (χ1n) is 14.0. The molecule has 1 amide bonds. The molecule has 2 atom stereocenters. The molecule has 0 aliphatic heterocycles. The zero-order valence-corrected chi connectivity index (χ0v) is 26.6. The maximum absolute atomic E-state index is 14.3. The van der Waals surface area contributed by atoms with E-state index in [2.05, 4.69) is 11.8 Å². The summed E-state index contributed by atoms with van der Waals surface area (Å²) in [6.07, 6.45) is -16.3. The summed E-state index contributed by atoms with van der Waals surface area (Å²) in [6.45, 7) is 0.0659. The summed E-state index contributed by atoms with van der Waals surface area (Å²) in [5.74, 6) is 3.84. The Morgan fingerprint density at radius 2 is 1.34 bits per heavy atom. The number of ether oxygens (including phenoxy) is 3. The van der Waals surface area contributed by atoms with E-state index in [9.17, 15) is 53.5 Å². The van der Waals surface area contributed by atoms with Gasteiger partial charge in [-0.15, -0.1) is 0 Å². The number of nitrogens with zero attached hydrogens (tertiary/aromatic N) is 1. The van der Waals surface area contributed by atoms with Gasteiger partial charge in [0.25, 0.3) is 0 Å². The van der Waals surface area contributed by atoms with Gasteiger partial charge in [0, 0.05) is 38.5 Å². The summed E-state index contributed by atoms with van der Waals surface area (Å²) >= 11 is 0. The number of aldehydes is 1. The van der Waals surface area contributed by atoms with Crippen LogP contribution in [0.3, 0.4) is 0 Å². The molecule has 0 heterocycles. The van der Waals surface area contributed by atoms with Crippen LogP contribution in [-0.2, 0) is 39.4 Å². The minimum absolute atomic E-state index is 0.00396.